The Morgan fingerprint density at radius 1 is 1.50 bits per heavy atom. The molecule has 0 amide bonds. The third-order valence-corrected chi connectivity index (χ3v) is 1.29. The molecule has 0 saturated heterocycles. The topological polar surface area (TPSA) is 85.4 Å². The van der Waals surface area contributed by atoms with E-state index in [1.807, 2.05) is 6.07 Å². The van der Waals surface area contributed by atoms with Gasteiger partial charge in [-0.05, 0) is 23.6 Å². The summed E-state index contributed by atoms with van der Waals surface area (Å²) in [6.45, 7) is 0.106. The first-order valence-corrected chi connectivity index (χ1v) is 3.73. The highest BCUT2D eigenvalue weighted by Gasteiger charge is 1.91. The van der Waals surface area contributed by atoms with Gasteiger partial charge in [0.25, 0.3) is 0 Å². The Morgan fingerprint density at radius 2 is 2.29 bits per heavy atom. The van der Waals surface area contributed by atoms with Gasteiger partial charge in [0.1, 0.15) is 17.5 Å². The Morgan fingerprint density at radius 3 is 3.00 bits per heavy atom. The fourth-order valence-corrected chi connectivity index (χ4v) is 0.764. The van der Waals surface area contributed by atoms with E-state index in [-0.39, 0.29) is 6.54 Å². The number of nitriles is 1. The molecule has 0 atom stereocenters. The Balaban J connectivity index is 2.80. The molecule has 0 saturated carbocycles. The fraction of sp³-hybridized carbons (Fsp3) is 0.111. The third-order valence-electron chi connectivity index (χ3n) is 1.29. The van der Waals surface area contributed by atoms with Crippen molar-refractivity contribution in [2.75, 3.05) is 6.54 Å². The minimum atomic E-state index is 0.106. The van der Waals surface area contributed by atoms with E-state index >= 15 is 0 Å². The van der Waals surface area contributed by atoms with Crippen LogP contribution in [0.1, 0.15) is 11.4 Å². The lowest BCUT2D eigenvalue weighted by Crippen LogP contribution is -1.86. The normalized spacial score (nSPS) is 7.64. The summed E-state index contributed by atoms with van der Waals surface area (Å²) in [4.78, 5) is 6.47. The average Bonchev–Trinajstić information content (AvgIpc) is 2.25. The second-order valence-electron chi connectivity index (χ2n) is 2.21. The first kappa shape index (κ1) is 9.60. The number of hydrogen-bond acceptors (Lipinski definition) is 3. The Bertz CT molecular complexity index is 468. The quantitative estimate of drug-likeness (QED) is 0.286. The van der Waals surface area contributed by atoms with Crippen LogP contribution in [0.15, 0.2) is 23.3 Å². The van der Waals surface area contributed by atoms with Gasteiger partial charge in [-0.15, -0.1) is 0 Å². The van der Waals surface area contributed by atoms with Crippen LogP contribution in [0.25, 0.3) is 10.4 Å². The second kappa shape index (κ2) is 5.21. The number of pyridine rings is 1. The standard InChI is InChI=1S/C9H5N5/c10-7-9-4-1-3-8(13-9)5-2-6-12-14-11/h1,3-4H,6H2. The zero-order chi connectivity index (χ0) is 10.2. The summed E-state index contributed by atoms with van der Waals surface area (Å²) in [5.74, 6) is 5.29. The van der Waals surface area contributed by atoms with E-state index in [2.05, 4.69) is 26.9 Å². The maximum Gasteiger partial charge on any atom is 0.141 e. The van der Waals surface area contributed by atoms with Crippen LogP contribution in [-0.4, -0.2) is 11.5 Å². The Labute approximate surface area is 80.6 Å². The van der Waals surface area contributed by atoms with Crippen molar-refractivity contribution < 1.29 is 0 Å². The molecule has 0 unspecified atom stereocenters. The number of azide groups is 1. The molecule has 5 nitrogen and oxygen atoms in total. The molecule has 0 fully saturated rings. The van der Waals surface area contributed by atoms with Crippen LogP contribution in [0.2, 0.25) is 0 Å². The molecule has 5 heteroatoms. The van der Waals surface area contributed by atoms with Gasteiger partial charge in [0.05, 0.1) is 6.54 Å². The molecule has 0 spiro atoms. The van der Waals surface area contributed by atoms with Gasteiger partial charge in [-0.25, -0.2) is 4.98 Å². The minimum Gasteiger partial charge on any atom is -0.229 e. The first-order chi connectivity index (χ1) is 6.86. The van der Waals surface area contributed by atoms with E-state index in [0.717, 1.165) is 0 Å². The zero-order valence-corrected chi connectivity index (χ0v) is 7.18. The van der Waals surface area contributed by atoms with Crippen LogP contribution in [0.4, 0.5) is 0 Å². The van der Waals surface area contributed by atoms with E-state index in [1.165, 1.54) is 0 Å². The van der Waals surface area contributed by atoms with Crippen molar-refractivity contribution in [1.29, 1.82) is 5.26 Å². The van der Waals surface area contributed by atoms with Crippen molar-refractivity contribution in [3.63, 3.8) is 0 Å². The van der Waals surface area contributed by atoms with Crippen molar-refractivity contribution >= 4 is 0 Å². The summed E-state index contributed by atoms with van der Waals surface area (Å²) >= 11 is 0. The molecule has 14 heavy (non-hydrogen) atoms. The van der Waals surface area contributed by atoms with Gasteiger partial charge < -0.3 is 0 Å². The van der Waals surface area contributed by atoms with Gasteiger partial charge in [0, 0.05) is 4.91 Å². The van der Waals surface area contributed by atoms with Gasteiger partial charge >= 0.3 is 0 Å². The van der Waals surface area contributed by atoms with Gasteiger partial charge in [-0.2, -0.15) is 5.26 Å². The van der Waals surface area contributed by atoms with Crippen molar-refractivity contribution in [3.8, 4) is 17.9 Å². The summed E-state index contributed by atoms with van der Waals surface area (Å²) < 4.78 is 0. The van der Waals surface area contributed by atoms with E-state index < -0.39 is 0 Å². The number of hydrogen-bond donors (Lipinski definition) is 0. The first-order valence-electron chi connectivity index (χ1n) is 3.73. The highest BCUT2D eigenvalue weighted by molar-refractivity contribution is 5.32. The van der Waals surface area contributed by atoms with Gasteiger partial charge in [0.2, 0.25) is 0 Å². The highest BCUT2D eigenvalue weighted by atomic mass is 15.1. The molecule has 0 aliphatic heterocycles. The third kappa shape index (κ3) is 2.86. The monoisotopic (exact) mass is 183 g/mol. The lowest BCUT2D eigenvalue weighted by molar-refractivity contribution is 1.22. The molecule has 0 radical (unpaired) electrons. The van der Waals surface area contributed by atoms with Crippen molar-refractivity contribution in [2.24, 2.45) is 5.11 Å². The van der Waals surface area contributed by atoms with E-state index in [4.69, 9.17) is 10.8 Å². The van der Waals surface area contributed by atoms with Crippen LogP contribution in [-0.2, 0) is 0 Å². The fourth-order valence-electron chi connectivity index (χ4n) is 0.764. The molecule has 1 heterocycles. The predicted molar refractivity (Wildman–Crippen MR) is 49.8 cm³/mol. The molecule has 0 N–H and O–H groups in total. The van der Waals surface area contributed by atoms with Crippen LogP contribution in [0.3, 0.4) is 0 Å². The number of nitrogens with zero attached hydrogens (tertiary/aromatic N) is 5. The lowest BCUT2D eigenvalue weighted by atomic mass is 10.3. The summed E-state index contributed by atoms with van der Waals surface area (Å²) in [6, 6.07) is 6.89. The van der Waals surface area contributed by atoms with Crippen LogP contribution in [0, 0.1) is 23.2 Å². The smallest absolute Gasteiger partial charge is 0.141 e. The summed E-state index contributed by atoms with van der Waals surface area (Å²) in [6.07, 6.45) is 0. The molecule has 1 rings (SSSR count). The maximum atomic E-state index is 8.54. The van der Waals surface area contributed by atoms with E-state index in [9.17, 15) is 0 Å². The number of aromatic nitrogens is 1. The van der Waals surface area contributed by atoms with Gasteiger partial charge in [0.15, 0.2) is 0 Å². The average molecular weight is 183 g/mol. The molecule has 0 bridgehead atoms. The molecule has 0 aliphatic carbocycles. The largest absolute Gasteiger partial charge is 0.229 e. The molecule has 66 valence electrons. The molecule has 0 aromatic carbocycles. The van der Waals surface area contributed by atoms with E-state index in [0.29, 0.717) is 11.4 Å². The summed E-state index contributed by atoms with van der Waals surface area (Å²) in [7, 11) is 0. The summed E-state index contributed by atoms with van der Waals surface area (Å²) in [5.41, 5.74) is 8.79. The van der Waals surface area contributed by atoms with Gasteiger partial charge in [-0.3, -0.25) is 0 Å². The molecule has 1 aromatic rings. The summed E-state index contributed by atoms with van der Waals surface area (Å²) in [5, 5.41) is 11.8. The molecule has 0 aliphatic rings. The Hall–Kier alpha value is -2.49. The maximum absolute atomic E-state index is 8.54. The molecule has 1 aromatic heterocycles. The second-order valence-corrected chi connectivity index (χ2v) is 2.21. The number of rotatable bonds is 1. The molecular weight excluding hydrogens is 178 g/mol. The highest BCUT2D eigenvalue weighted by Crippen LogP contribution is 1.95. The van der Waals surface area contributed by atoms with Crippen LogP contribution in [0.5, 0.6) is 0 Å². The van der Waals surface area contributed by atoms with Crippen molar-refractivity contribution in [1.82, 2.24) is 4.98 Å². The van der Waals surface area contributed by atoms with Crippen LogP contribution >= 0.6 is 0 Å². The van der Waals surface area contributed by atoms with E-state index in [1.54, 1.807) is 18.2 Å². The van der Waals surface area contributed by atoms with Crippen molar-refractivity contribution in [2.45, 2.75) is 0 Å². The molecular formula is C9H5N5. The minimum absolute atomic E-state index is 0.106. The lowest BCUT2D eigenvalue weighted by Gasteiger charge is -1.88. The Kier molecular flexibility index (Phi) is 3.57. The van der Waals surface area contributed by atoms with Crippen molar-refractivity contribution in [3.05, 3.63) is 40.0 Å². The SMILES string of the molecule is N#Cc1cccc(C#CCN=[N+]=[N-])n1. The zero-order valence-electron chi connectivity index (χ0n) is 7.18. The predicted octanol–water partition coefficient (Wildman–Crippen LogP) is 1.62. The van der Waals surface area contributed by atoms with Gasteiger partial charge in [-0.1, -0.05) is 17.1 Å². The van der Waals surface area contributed by atoms with Crippen LogP contribution < -0.4 is 0 Å².